The van der Waals surface area contributed by atoms with Crippen molar-refractivity contribution >= 4 is 12.2 Å². The fraction of sp³-hybridized carbons (Fsp3) is 0.467. The summed E-state index contributed by atoms with van der Waals surface area (Å²) < 4.78 is 5.72. The van der Waals surface area contributed by atoms with E-state index in [0.717, 1.165) is 30.6 Å². The van der Waals surface area contributed by atoms with Gasteiger partial charge in [-0.1, -0.05) is 12.1 Å². The van der Waals surface area contributed by atoms with Crippen LogP contribution in [0.2, 0.25) is 0 Å². The largest absolute Gasteiger partial charge is 0.478 e. The van der Waals surface area contributed by atoms with Crippen LogP contribution < -0.4 is 0 Å². The van der Waals surface area contributed by atoms with Crippen molar-refractivity contribution in [2.24, 2.45) is 10.9 Å². The Labute approximate surface area is 107 Å². The van der Waals surface area contributed by atoms with Crippen molar-refractivity contribution in [3.63, 3.8) is 0 Å². The molecule has 3 heteroatoms. The van der Waals surface area contributed by atoms with Crippen LogP contribution in [-0.2, 0) is 17.6 Å². The number of hydrogen-bond acceptors (Lipinski definition) is 3. The first-order valence-electron chi connectivity index (χ1n) is 6.37. The third-order valence-electron chi connectivity index (χ3n) is 3.63. The van der Waals surface area contributed by atoms with Gasteiger partial charge >= 0.3 is 0 Å². The second-order valence-electron chi connectivity index (χ2n) is 5.80. The molecular formula is C15H17NO2. The number of aldehydes is 1. The fourth-order valence-electron chi connectivity index (χ4n) is 2.71. The Bertz CT molecular complexity index is 531. The van der Waals surface area contributed by atoms with Gasteiger partial charge in [0.2, 0.25) is 0 Å². The summed E-state index contributed by atoms with van der Waals surface area (Å²) in [5.41, 5.74) is 3.25. The first kappa shape index (κ1) is 11.5. The minimum Gasteiger partial charge on any atom is -0.478 e. The van der Waals surface area contributed by atoms with E-state index in [1.807, 2.05) is 12.1 Å². The van der Waals surface area contributed by atoms with E-state index in [-0.39, 0.29) is 5.54 Å². The number of ether oxygens (including phenoxy) is 1. The second-order valence-corrected chi connectivity index (χ2v) is 5.80. The molecule has 18 heavy (non-hydrogen) atoms. The number of benzene rings is 1. The third kappa shape index (κ3) is 1.94. The highest BCUT2D eigenvalue weighted by molar-refractivity contribution is 5.83. The number of carbonyl (C=O) groups is 1. The molecule has 0 aromatic heterocycles. The van der Waals surface area contributed by atoms with Gasteiger partial charge < -0.3 is 4.74 Å². The summed E-state index contributed by atoms with van der Waals surface area (Å²) in [7, 11) is 0. The molecule has 0 N–H and O–H groups in total. The van der Waals surface area contributed by atoms with Crippen LogP contribution in [0.5, 0.6) is 0 Å². The molecule has 2 aliphatic rings. The standard InChI is InChI=1S/C15H17NO2/c1-15(2)9-18-14(16-15)13-6-11-4-3-10(8-17)5-12(11)7-13/h3-5,8,13H,6-7,9H2,1-2H3. The van der Waals surface area contributed by atoms with E-state index in [4.69, 9.17) is 4.74 Å². The zero-order chi connectivity index (χ0) is 12.8. The quantitative estimate of drug-likeness (QED) is 0.748. The van der Waals surface area contributed by atoms with Gasteiger partial charge in [-0.2, -0.15) is 0 Å². The van der Waals surface area contributed by atoms with Crippen molar-refractivity contribution in [3.05, 3.63) is 34.9 Å². The fourth-order valence-corrected chi connectivity index (χ4v) is 2.71. The van der Waals surface area contributed by atoms with E-state index < -0.39 is 0 Å². The Kier molecular flexibility index (Phi) is 2.51. The van der Waals surface area contributed by atoms with Crippen LogP contribution in [0.25, 0.3) is 0 Å². The normalized spacial score (nSPS) is 24.3. The average Bonchev–Trinajstić information content (AvgIpc) is 2.90. The molecule has 1 aromatic carbocycles. The summed E-state index contributed by atoms with van der Waals surface area (Å²) in [6.07, 6.45) is 2.82. The Morgan fingerprint density at radius 3 is 2.78 bits per heavy atom. The Balaban J connectivity index is 1.83. The third-order valence-corrected chi connectivity index (χ3v) is 3.63. The molecule has 3 rings (SSSR count). The monoisotopic (exact) mass is 243 g/mol. The summed E-state index contributed by atoms with van der Waals surface area (Å²) in [4.78, 5) is 15.4. The number of nitrogens with zero attached hydrogens (tertiary/aromatic N) is 1. The molecule has 0 saturated carbocycles. The Hall–Kier alpha value is -1.64. The number of aliphatic imine (C=N–C) groups is 1. The van der Waals surface area contributed by atoms with Gasteiger partial charge in [0, 0.05) is 11.5 Å². The molecule has 1 unspecified atom stereocenters. The van der Waals surface area contributed by atoms with Crippen LogP contribution >= 0.6 is 0 Å². The van der Waals surface area contributed by atoms with Crippen molar-refractivity contribution < 1.29 is 9.53 Å². The topological polar surface area (TPSA) is 38.7 Å². The van der Waals surface area contributed by atoms with Crippen molar-refractivity contribution in [1.29, 1.82) is 0 Å². The van der Waals surface area contributed by atoms with Crippen molar-refractivity contribution in [2.45, 2.75) is 32.2 Å². The lowest BCUT2D eigenvalue weighted by Crippen LogP contribution is -2.17. The van der Waals surface area contributed by atoms with Crippen molar-refractivity contribution in [3.8, 4) is 0 Å². The number of carbonyl (C=O) groups excluding carboxylic acids is 1. The maximum Gasteiger partial charge on any atom is 0.187 e. The highest BCUT2D eigenvalue weighted by Gasteiger charge is 2.34. The summed E-state index contributed by atoms with van der Waals surface area (Å²) in [6.45, 7) is 4.86. The predicted octanol–water partition coefficient (Wildman–Crippen LogP) is 2.42. The first-order chi connectivity index (χ1) is 8.57. The van der Waals surface area contributed by atoms with E-state index in [2.05, 4.69) is 24.9 Å². The van der Waals surface area contributed by atoms with Gasteiger partial charge in [0.25, 0.3) is 0 Å². The van der Waals surface area contributed by atoms with Gasteiger partial charge in [-0.25, -0.2) is 4.99 Å². The minimum atomic E-state index is -0.0853. The van der Waals surface area contributed by atoms with Crippen LogP contribution in [0.4, 0.5) is 0 Å². The molecule has 3 nitrogen and oxygen atoms in total. The van der Waals surface area contributed by atoms with E-state index in [0.29, 0.717) is 12.5 Å². The number of fused-ring (bicyclic) bond motifs is 1. The molecule has 1 atom stereocenters. The maximum absolute atomic E-state index is 10.8. The molecule has 0 radical (unpaired) electrons. The van der Waals surface area contributed by atoms with Crippen LogP contribution in [0.3, 0.4) is 0 Å². The van der Waals surface area contributed by atoms with Gasteiger partial charge in [-0.05, 0) is 43.9 Å². The highest BCUT2D eigenvalue weighted by Crippen LogP contribution is 2.31. The molecule has 0 spiro atoms. The molecule has 1 aromatic rings. The summed E-state index contributed by atoms with van der Waals surface area (Å²) in [6, 6.07) is 5.93. The molecule has 0 amide bonds. The Morgan fingerprint density at radius 1 is 1.33 bits per heavy atom. The minimum absolute atomic E-state index is 0.0853. The molecule has 1 aliphatic heterocycles. The molecule has 0 saturated heterocycles. The van der Waals surface area contributed by atoms with Crippen LogP contribution in [0.1, 0.15) is 35.3 Å². The zero-order valence-electron chi connectivity index (χ0n) is 10.8. The second kappa shape index (κ2) is 3.94. The molecule has 1 heterocycles. The number of rotatable bonds is 2. The summed E-state index contributed by atoms with van der Waals surface area (Å²) in [5, 5.41) is 0. The van der Waals surface area contributed by atoms with Crippen molar-refractivity contribution in [1.82, 2.24) is 0 Å². The SMILES string of the molecule is CC1(C)COC(C2Cc3ccc(C=O)cc3C2)=N1. The van der Waals surface area contributed by atoms with Gasteiger partial charge in [0.05, 0.1) is 5.54 Å². The molecule has 94 valence electrons. The van der Waals surface area contributed by atoms with Crippen LogP contribution in [0.15, 0.2) is 23.2 Å². The smallest absolute Gasteiger partial charge is 0.187 e. The highest BCUT2D eigenvalue weighted by atomic mass is 16.5. The first-order valence-corrected chi connectivity index (χ1v) is 6.37. The van der Waals surface area contributed by atoms with Crippen molar-refractivity contribution in [2.75, 3.05) is 6.61 Å². The van der Waals surface area contributed by atoms with Crippen LogP contribution in [-0.4, -0.2) is 24.3 Å². The summed E-state index contributed by atoms with van der Waals surface area (Å²) in [5.74, 6) is 1.24. The van der Waals surface area contributed by atoms with E-state index >= 15 is 0 Å². The van der Waals surface area contributed by atoms with E-state index in [9.17, 15) is 4.79 Å². The van der Waals surface area contributed by atoms with E-state index in [1.54, 1.807) is 0 Å². The molecular weight excluding hydrogens is 226 g/mol. The lowest BCUT2D eigenvalue weighted by atomic mass is 10.1. The molecule has 0 fully saturated rings. The lowest BCUT2D eigenvalue weighted by molar-refractivity contribution is 0.112. The average molecular weight is 243 g/mol. The summed E-state index contributed by atoms with van der Waals surface area (Å²) >= 11 is 0. The maximum atomic E-state index is 10.8. The van der Waals surface area contributed by atoms with E-state index in [1.165, 1.54) is 11.1 Å². The molecule has 0 bridgehead atoms. The van der Waals surface area contributed by atoms with Gasteiger partial charge in [-0.15, -0.1) is 0 Å². The van der Waals surface area contributed by atoms with Gasteiger partial charge in [-0.3, -0.25) is 4.79 Å². The Morgan fingerprint density at radius 2 is 2.11 bits per heavy atom. The zero-order valence-corrected chi connectivity index (χ0v) is 10.8. The number of hydrogen-bond donors (Lipinski definition) is 0. The molecule has 1 aliphatic carbocycles. The van der Waals surface area contributed by atoms with Gasteiger partial charge in [0.1, 0.15) is 12.9 Å². The van der Waals surface area contributed by atoms with Crippen LogP contribution in [0, 0.1) is 5.92 Å². The lowest BCUT2D eigenvalue weighted by Gasteiger charge is -2.08. The van der Waals surface area contributed by atoms with Gasteiger partial charge in [0.15, 0.2) is 5.90 Å². The predicted molar refractivity (Wildman–Crippen MR) is 70.2 cm³/mol.